The Bertz CT molecular complexity index is 989. The van der Waals surface area contributed by atoms with Crippen molar-refractivity contribution in [2.24, 2.45) is 0 Å². The van der Waals surface area contributed by atoms with E-state index in [2.05, 4.69) is 34.5 Å². The minimum Gasteiger partial charge on any atom is -0.371 e. The molecule has 0 saturated heterocycles. The van der Waals surface area contributed by atoms with Gasteiger partial charge in [0.15, 0.2) is 0 Å². The van der Waals surface area contributed by atoms with Gasteiger partial charge in [-0.25, -0.2) is 8.42 Å². The first kappa shape index (κ1) is 23.1. The van der Waals surface area contributed by atoms with Crippen molar-refractivity contribution in [3.63, 3.8) is 0 Å². The van der Waals surface area contributed by atoms with Crippen LogP contribution >= 0.6 is 0 Å². The fraction of sp³-hybridized carbons (Fsp3) is 0.458. The molecule has 3 rings (SSSR count). The summed E-state index contributed by atoms with van der Waals surface area (Å²) < 4.78 is 26.3. The number of nitrogens with one attached hydrogen (secondary N) is 1. The number of nitrogens with zero attached hydrogens (tertiary/aromatic N) is 2. The van der Waals surface area contributed by atoms with Crippen LogP contribution in [0.1, 0.15) is 37.3 Å². The van der Waals surface area contributed by atoms with Gasteiger partial charge in [-0.3, -0.25) is 9.10 Å². The summed E-state index contributed by atoms with van der Waals surface area (Å²) in [6, 6.07) is 14.9. The molecule has 1 atom stereocenters. The molecule has 1 amide bonds. The van der Waals surface area contributed by atoms with Crippen LogP contribution in [0.3, 0.4) is 0 Å². The first-order valence-corrected chi connectivity index (χ1v) is 12.8. The number of aryl methyl sites for hydroxylation is 2. The molecule has 7 heteroatoms. The lowest BCUT2D eigenvalue weighted by atomic mass is 10.0. The van der Waals surface area contributed by atoms with Crippen LogP contribution in [0.25, 0.3) is 0 Å². The molecule has 1 aliphatic rings. The van der Waals surface area contributed by atoms with Crippen LogP contribution in [-0.2, 0) is 21.2 Å². The van der Waals surface area contributed by atoms with Crippen LogP contribution in [0.5, 0.6) is 0 Å². The van der Waals surface area contributed by atoms with Crippen molar-refractivity contribution < 1.29 is 13.2 Å². The van der Waals surface area contributed by atoms with Crippen LogP contribution in [0, 0.1) is 6.92 Å². The number of carbonyl (C=O) groups is 1. The third kappa shape index (κ3) is 5.79. The average molecular weight is 444 g/mol. The zero-order valence-electron chi connectivity index (χ0n) is 18.7. The lowest BCUT2D eigenvalue weighted by Gasteiger charge is -2.32. The van der Waals surface area contributed by atoms with E-state index in [1.54, 1.807) is 12.1 Å². The maximum absolute atomic E-state index is 12.9. The molecule has 0 bridgehead atoms. The molecule has 0 spiro atoms. The van der Waals surface area contributed by atoms with Gasteiger partial charge < -0.3 is 10.2 Å². The van der Waals surface area contributed by atoms with Crippen molar-refractivity contribution in [2.45, 2.75) is 45.6 Å². The number of hydrogen-bond acceptors (Lipinski definition) is 4. The van der Waals surface area contributed by atoms with E-state index in [-0.39, 0.29) is 5.91 Å². The fourth-order valence-corrected chi connectivity index (χ4v) is 5.41. The first-order valence-electron chi connectivity index (χ1n) is 11.0. The Hall–Kier alpha value is -2.54. The van der Waals surface area contributed by atoms with E-state index in [1.165, 1.54) is 15.6 Å². The molecule has 31 heavy (non-hydrogen) atoms. The standard InChI is InChI=1S/C24H33N3O3S/c1-4-22(27(31(3,29)30)21-14-12-19(2)13-15-21)24(28)25-16-8-18-26-17-7-10-20-9-5-6-11-23(20)26/h5-6,9,11-15,22H,4,7-8,10,16-18H2,1-3H3,(H,25,28). The highest BCUT2D eigenvalue weighted by Crippen LogP contribution is 2.26. The normalized spacial score (nSPS) is 14.6. The van der Waals surface area contributed by atoms with Gasteiger partial charge in [-0.15, -0.1) is 0 Å². The van der Waals surface area contributed by atoms with Crippen molar-refractivity contribution in [2.75, 3.05) is 35.1 Å². The number of amides is 1. The number of anilines is 2. The molecule has 1 N–H and O–H groups in total. The first-order chi connectivity index (χ1) is 14.8. The van der Waals surface area contributed by atoms with Crippen molar-refractivity contribution in [1.29, 1.82) is 0 Å². The second-order valence-corrected chi connectivity index (χ2v) is 10.0. The number of sulfonamides is 1. The van der Waals surface area contributed by atoms with E-state index in [0.717, 1.165) is 44.2 Å². The molecule has 1 heterocycles. The Balaban J connectivity index is 1.61. The highest BCUT2D eigenvalue weighted by Gasteiger charge is 2.31. The van der Waals surface area contributed by atoms with Crippen molar-refractivity contribution in [3.8, 4) is 0 Å². The van der Waals surface area contributed by atoms with Gasteiger partial charge in [0.25, 0.3) is 0 Å². The van der Waals surface area contributed by atoms with E-state index in [9.17, 15) is 13.2 Å². The second kappa shape index (κ2) is 10.2. The van der Waals surface area contributed by atoms with Gasteiger partial charge >= 0.3 is 0 Å². The molecule has 168 valence electrons. The summed E-state index contributed by atoms with van der Waals surface area (Å²) in [6.07, 6.45) is 4.60. The van der Waals surface area contributed by atoms with Crippen molar-refractivity contribution in [1.82, 2.24) is 5.32 Å². The van der Waals surface area contributed by atoms with Gasteiger partial charge in [-0.05, 0) is 56.4 Å². The smallest absolute Gasteiger partial charge is 0.243 e. The second-order valence-electron chi connectivity index (χ2n) is 8.18. The maximum Gasteiger partial charge on any atom is 0.243 e. The zero-order chi connectivity index (χ0) is 22.4. The van der Waals surface area contributed by atoms with Gasteiger partial charge in [-0.1, -0.05) is 42.8 Å². The predicted molar refractivity (Wildman–Crippen MR) is 127 cm³/mol. The van der Waals surface area contributed by atoms with Gasteiger partial charge in [-0.2, -0.15) is 0 Å². The lowest BCUT2D eigenvalue weighted by molar-refractivity contribution is -0.122. The Morgan fingerprint density at radius 1 is 1.16 bits per heavy atom. The maximum atomic E-state index is 12.9. The van der Waals surface area contributed by atoms with Crippen LogP contribution in [0.15, 0.2) is 48.5 Å². The monoisotopic (exact) mass is 443 g/mol. The predicted octanol–water partition coefficient (Wildman–Crippen LogP) is 3.50. The van der Waals surface area contributed by atoms with Crippen LogP contribution in [0.4, 0.5) is 11.4 Å². The van der Waals surface area contributed by atoms with E-state index in [0.29, 0.717) is 18.7 Å². The van der Waals surface area contributed by atoms with Gasteiger partial charge in [0.05, 0.1) is 11.9 Å². The quantitative estimate of drug-likeness (QED) is 0.602. The van der Waals surface area contributed by atoms with Crippen molar-refractivity contribution >= 4 is 27.3 Å². The number of fused-ring (bicyclic) bond motifs is 1. The summed E-state index contributed by atoms with van der Waals surface area (Å²) in [5.74, 6) is -0.257. The molecule has 6 nitrogen and oxygen atoms in total. The van der Waals surface area contributed by atoms with E-state index in [1.807, 2.05) is 26.0 Å². The number of hydrogen-bond donors (Lipinski definition) is 1. The molecule has 0 fully saturated rings. The molecular formula is C24H33N3O3S. The Labute approximate surface area is 186 Å². The Morgan fingerprint density at radius 2 is 1.87 bits per heavy atom. The van der Waals surface area contributed by atoms with Gasteiger partial charge in [0.1, 0.15) is 6.04 Å². The molecule has 2 aromatic carbocycles. The summed E-state index contributed by atoms with van der Waals surface area (Å²) in [5.41, 5.74) is 4.22. The Morgan fingerprint density at radius 3 is 2.55 bits per heavy atom. The third-order valence-electron chi connectivity index (χ3n) is 5.73. The molecule has 2 aromatic rings. The minimum absolute atomic E-state index is 0.257. The average Bonchev–Trinajstić information content (AvgIpc) is 2.75. The fourth-order valence-electron chi connectivity index (χ4n) is 4.20. The molecule has 0 aromatic heterocycles. The largest absolute Gasteiger partial charge is 0.371 e. The number of carbonyl (C=O) groups excluding carboxylic acids is 1. The summed E-state index contributed by atoms with van der Waals surface area (Å²) in [4.78, 5) is 15.3. The molecule has 1 aliphatic heterocycles. The number of para-hydroxylation sites is 1. The lowest BCUT2D eigenvalue weighted by Crippen LogP contribution is -2.49. The highest BCUT2D eigenvalue weighted by molar-refractivity contribution is 7.92. The van der Waals surface area contributed by atoms with E-state index in [4.69, 9.17) is 0 Å². The van der Waals surface area contributed by atoms with E-state index >= 15 is 0 Å². The van der Waals surface area contributed by atoms with Gasteiger partial charge in [0, 0.05) is 25.3 Å². The Kier molecular flexibility index (Phi) is 7.59. The van der Waals surface area contributed by atoms with Crippen LogP contribution < -0.4 is 14.5 Å². The SMILES string of the molecule is CCC(C(=O)NCCCN1CCCc2ccccc21)N(c1ccc(C)cc1)S(C)(=O)=O. The zero-order valence-corrected chi connectivity index (χ0v) is 19.5. The minimum atomic E-state index is -3.60. The number of benzene rings is 2. The molecule has 0 saturated carbocycles. The van der Waals surface area contributed by atoms with E-state index < -0.39 is 16.1 Å². The summed E-state index contributed by atoms with van der Waals surface area (Å²) >= 11 is 0. The summed E-state index contributed by atoms with van der Waals surface area (Å²) in [6.45, 7) is 6.18. The molecular weight excluding hydrogens is 410 g/mol. The van der Waals surface area contributed by atoms with Crippen LogP contribution in [0.2, 0.25) is 0 Å². The van der Waals surface area contributed by atoms with Gasteiger partial charge in [0.2, 0.25) is 15.9 Å². The molecule has 0 radical (unpaired) electrons. The summed E-state index contributed by atoms with van der Waals surface area (Å²) in [7, 11) is -3.60. The van der Waals surface area contributed by atoms with Crippen LogP contribution in [-0.4, -0.2) is 46.3 Å². The van der Waals surface area contributed by atoms with Crippen molar-refractivity contribution in [3.05, 3.63) is 59.7 Å². The molecule has 1 unspecified atom stereocenters. The number of rotatable bonds is 9. The third-order valence-corrected chi connectivity index (χ3v) is 6.91. The summed E-state index contributed by atoms with van der Waals surface area (Å²) in [5, 5.41) is 2.96. The topological polar surface area (TPSA) is 69.7 Å². The molecule has 0 aliphatic carbocycles. The highest BCUT2D eigenvalue weighted by atomic mass is 32.2.